The van der Waals surface area contributed by atoms with Gasteiger partial charge in [0, 0.05) is 30.9 Å². The number of benzene rings is 2. The molecule has 150 valence electrons. The summed E-state index contributed by atoms with van der Waals surface area (Å²) in [6, 6.07) is 15.9. The molecule has 0 saturated carbocycles. The highest BCUT2D eigenvalue weighted by molar-refractivity contribution is 6.00. The summed E-state index contributed by atoms with van der Waals surface area (Å²) >= 11 is 0. The van der Waals surface area contributed by atoms with Crippen molar-refractivity contribution in [1.29, 1.82) is 0 Å². The lowest BCUT2D eigenvalue weighted by Crippen LogP contribution is -2.42. The summed E-state index contributed by atoms with van der Waals surface area (Å²) < 4.78 is 7.14. The largest absolute Gasteiger partial charge is 0.497 e. The number of nitrogens with zero attached hydrogens (tertiary/aromatic N) is 3. The summed E-state index contributed by atoms with van der Waals surface area (Å²) in [4.78, 5) is 15.2. The number of methoxy groups -OCH3 is 1. The maximum atomic E-state index is 13.4. The zero-order chi connectivity index (χ0) is 20.4. The van der Waals surface area contributed by atoms with Crippen molar-refractivity contribution in [1.82, 2.24) is 14.7 Å². The fraction of sp³-hybridized carbons (Fsp3) is 0.304. The quantitative estimate of drug-likeness (QED) is 0.741. The van der Waals surface area contributed by atoms with Crippen LogP contribution in [-0.2, 0) is 0 Å². The van der Waals surface area contributed by atoms with Gasteiger partial charge in [-0.1, -0.05) is 29.8 Å². The topological polar surface area (TPSA) is 73.4 Å². The molecule has 1 fully saturated rings. The molecule has 2 N–H and O–H groups in total. The normalized spacial score (nSPS) is 14.8. The molecule has 2 heterocycles. The summed E-state index contributed by atoms with van der Waals surface area (Å²) in [6.45, 7) is 3.39. The average Bonchev–Trinajstić information content (AvgIpc) is 3.20. The van der Waals surface area contributed by atoms with Gasteiger partial charge in [-0.2, -0.15) is 5.10 Å². The number of aryl methyl sites for hydroxylation is 1. The predicted octanol–water partition coefficient (Wildman–Crippen LogP) is 3.42. The Hall–Kier alpha value is -3.12. The molecular formula is C23H26N4O2. The van der Waals surface area contributed by atoms with E-state index in [0.717, 1.165) is 29.8 Å². The SMILES string of the molecule is COc1cccc(-c2nn(-c3ccc(C)cc3)cc2C(=O)N2CCC(N)CC2)c1. The molecule has 6 heteroatoms. The van der Waals surface area contributed by atoms with Crippen LogP contribution in [0.4, 0.5) is 0 Å². The summed E-state index contributed by atoms with van der Waals surface area (Å²) in [5, 5.41) is 4.78. The number of ether oxygens (including phenoxy) is 1. The van der Waals surface area contributed by atoms with E-state index in [1.807, 2.05) is 66.6 Å². The molecule has 0 atom stereocenters. The van der Waals surface area contributed by atoms with Crippen LogP contribution < -0.4 is 10.5 Å². The molecule has 1 aromatic heterocycles. The Morgan fingerprint density at radius 2 is 1.86 bits per heavy atom. The van der Waals surface area contributed by atoms with Crippen LogP contribution >= 0.6 is 0 Å². The van der Waals surface area contributed by atoms with Crippen molar-refractivity contribution in [2.75, 3.05) is 20.2 Å². The number of carbonyl (C=O) groups is 1. The number of carbonyl (C=O) groups excluding carboxylic acids is 1. The summed E-state index contributed by atoms with van der Waals surface area (Å²) in [7, 11) is 1.63. The van der Waals surface area contributed by atoms with Gasteiger partial charge in [0.25, 0.3) is 5.91 Å². The first-order valence-electron chi connectivity index (χ1n) is 9.91. The van der Waals surface area contributed by atoms with Gasteiger partial charge in [-0.3, -0.25) is 4.79 Å². The first-order valence-corrected chi connectivity index (χ1v) is 9.91. The summed E-state index contributed by atoms with van der Waals surface area (Å²) in [5.41, 5.74) is 10.2. The minimum Gasteiger partial charge on any atom is -0.497 e. The molecule has 29 heavy (non-hydrogen) atoms. The molecular weight excluding hydrogens is 364 g/mol. The van der Waals surface area contributed by atoms with Gasteiger partial charge in [-0.15, -0.1) is 0 Å². The number of piperidine rings is 1. The van der Waals surface area contributed by atoms with Gasteiger partial charge in [-0.05, 0) is 44.0 Å². The van der Waals surface area contributed by atoms with Gasteiger partial charge in [-0.25, -0.2) is 4.68 Å². The zero-order valence-corrected chi connectivity index (χ0v) is 16.8. The fourth-order valence-electron chi connectivity index (χ4n) is 3.62. The van der Waals surface area contributed by atoms with Crippen LogP contribution in [0.2, 0.25) is 0 Å². The lowest BCUT2D eigenvalue weighted by Gasteiger charge is -2.30. The Bertz CT molecular complexity index is 1000. The standard InChI is InChI=1S/C23H26N4O2/c1-16-6-8-19(9-7-16)27-15-21(23(28)26-12-10-18(24)11-13-26)22(25-27)17-4-3-5-20(14-17)29-2/h3-9,14-15,18H,10-13,24H2,1-2H3. The molecule has 0 aliphatic carbocycles. The average molecular weight is 390 g/mol. The van der Waals surface area contributed by atoms with Crippen LogP contribution in [0.1, 0.15) is 28.8 Å². The van der Waals surface area contributed by atoms with Crippen molar-refractivity contribution in [3.63, 3.8) is 0 Å². The van der Waals surface area contributed by atoms with Crippen LogP contribution in [0.3, 0.4) is 0 Å². The molecule has 3 aromatic rings. The van der Waals surface area contributed by atoms with Gasteiger partial charge < -0.3 is 15.4 Å². The van der Waals surface area contributed by atoms with Crippen molar-refractivity contribution in [2.24, 2.45) is 5.73 Å². The lowest BCUT2D eigenvalue weighted by atomic mass is 10.0. The molecule has 6 nitrogen and oxygen atoms in total. The lowest BCUT2D eigenvalue weighted by molar-refractivity contribution is 0.0715. The highest BCUT2D eigenvalue weighted by Gasteiger charge is 2.26. The third-order valence-electron chi connectivity index (χ3n) is 5.41. The molecule has 4 rings (SSSR count). The monoisotopic (exact) mass is 390 g/mol. The molecule has 1 saturated heterocycles. The Morgan fingerprint density at radius 1 is 1.14 bits per heavy atom. The van der Waals surface area contributed by atoms with E-state index in [1.54, 1.807) is 11.8 Å². The van der Waals surface area contributed by atoms with Gasteiger partial charge in [0.2, 0.25) is 0 Å². The molecule has 1 amide bonds. The van der Waals surface area contributed by atoms with E-state index < -0.39 is 0 Å². The smallest absolute Gasteiger partial charge is 0.257 e. The highest BCUT2D eigenvalue weighted by atomic mass is 16.5. The first-order chi connectivity index (χ1) is 14.0. The van der Waals surface area contributed by atoms with Gasteiger partial charge in [0.15, 0.2) is 0 Å². The maximum absolute atomic E-state index is 13.4. The number of hydrogen-bond donors (Lipinski definition) is 1. The van der Waals surface area contributed by atoms with Crippen molar-refractivity contribution in [3.05, 3.63) is 65.9 Å². The Morgan fingerprint density at radius 3 is 2.55 bits per heavy atom. The van der Waals surface area contributed by atoms with Gasteiger partial charge >= 0.3 is 0 Å². The highest BCUT2D eigenvalue weighted by Crippen LogP contribution is 2.28. The first kappa shape index (κ1) is 19.2. The minimum atomic E-state index is -0.00641. The van der Waals surface area contributed by atoms with Crippen molar-refractivity contribution in [3.8, 4) is 22.7 Å². The number of likely N-dealkylation sites (tertiary alicyclic amines) is 1. The molecule has 0 bridgehead atoms. The Labute approximate surface area is 170 Å². The maximum Gasteiger partial charge on any atom is 0.257 e. The predicted molar refractivity (Wildman–Crippen MR) is 113 cm³/mol. The molecule has 1 aliphatic rings. The van der Waals surface area contributed by atoms with E-state index >= 15 is 0 Å². The van der Waals surface area contributed by atoms with E-state index in [0.29, 0.717) is 24.3 Å². The van der Waals surface area contributed by atoms with Crippen molar-refractivity contribution in [2.45, 2.75) is 25.8 Å². The third kappa shape index (κ3) is 4.03. The summed E-state index contributed by atoms with van der Waals surface area (Å²) in [5.74, 6) is 0.725. The summed E-state index contributed by atoms with van der Waals surface area (Å²) in [6.07, 6.45) is 3.48. The van der Waals surface area contributed by atoms with Crippen LogP contribution in [-0.4, -0.2) is 46.8 Å². The fourth-order valence-corrected chi connectivity index (χ4v) is 3.62. The molecule has 2 aromatic carbocycles. The molecule has 1 aliphatic heterocycles. The van der Waals surface area contributed by atoms with Gasteiger partial charge in [0.1, 0.15) is 11.4 Å². The second-order valence-electron chi connectivity index (χ2n) is 7.53. The molecule has 0 spiro atoms. The van der Waals surface area contributed by atoms with E-state index in [2.05, 4.69) is 0 Å². The van der Waals surface area contributed by atoms with E-state index in [-0.39, 0.29) is 11.9 Å². The number of amides is 1. The van der Waals surface area contributed by atoms with Gasteiger partial charge in [0.05, 0.1) is 18.4 Å². The Balaban J connectivity index is 1.77. The van der Waals surface area contributed by atoms with E-state index in [4.69, 9.17) is 15.6 Å². The number of hydrogen-bond acceptors (Lipinski definition) is 4. The van der Waals surface area contributed by atoms with Crippen LogP contribution in [0.5, 0.6) is 5.75 Å². The minimum absolute atomic E-state index is 0.00641. The van der Waals surface area contributed by atoms with E-state index in [1.165, 1.54) is 5.56 Å². The number of nitrogens with two attached hydrogens (primary N) is 1. The van der Waals surface area contributed by atoms with E-state index in [9.17, 15) is 4.79 Å². The van der Waals surface area contributed by atoms with Crippen LogP contribution in [0, 0.1) is 6.92 Å². The second kappa shape index (κ2) is 8.09. The number of aromatic nitrogens is 2. The number of rotatable bonds is 4. The van der Waals surface area contributed by atoms with Crippen molar-refractivity contribution >= 4 is 5.91 Å². The second-order valence-corrected chi connectivity index (χ2v) is 7.53. The molecule has 0 radical (unpaired) electrons. The van der Waals surface area contributed by atoms with Crippen LogP contribution in [0.25, 0.3) is 16.9 Å². The van der Waals surface area contributed by atoms with Crippen LogP contribution in [0.15, 0.2) is 54.7 Å². The zero-order valence-electron chi connectivity index (χ0n) is 16.8. The third-order valence-corrected chi connectivity index (χ3v) is 5.41. The Kier molecular flexibility index (Phi) is 5.36. The molecule has 0 unspecified atom stereocenters. The van der Waals surface area contributed by atoms with Crippen molar-refractivity contribution < 1.29 is 9.53 Å².